The van der Waals surface area contributed by atoms with Crippen LogP contribution in [0.4, 0.5) is 15.0 Å². The minimum absolute atomic E-state index is 0.174. The smallest absolute Gasteiger partial charge is 0.424 e. The molecular weight excluding hydrogens is 524 g/mol. The Morgan fingerprint density at radius 3 is 2.87 bits per heavy atom. The number of imidazole rings is 1. The molecular formula is C23H25FN5O8P. The van der Waals surface area contributed by atoms with Gasteiger partial charge in [0.25, 0.3) is 0 Å². The van der Waals surface area contributed by atoms with E-state index in [-0.39, 0.29) is 12.4 Å². The first-order valence-corrected chi connectivity index (χ1v) is 13.3. The maximum absolute atomic E-state index is 13.8. The van der Waals surface area contributed by atoms with E-state index in [0.717, 1.165) is 0 Å². The molecule has 3 fully saturated rings. The van der Waals surface area contributed by atoms with Crippen molar-refractivity contribution in [2.75, 3.05) is 12.3 Å². The summed E-state index contributed by atoms with van der Waals surface area (Å²) in [4.78, 5) is 24.6. The number of hydrogen-bond acceptors (Lipinski definition) is 12. The molecule has 3 aromatic rings. The predicted octanol–water partition coefficient (Wildman–Crippen LogP) is 3.82. The number of hydrogen-bond donors (Lipinski definition) is 1. The van der Waals surface area contributed by atoms with Crippen molar-refractivity contribution in [1.82, 2.24) is 19.5 Å². The van der Waals surface area contributed by atoms with Crippen molar-refractivity contribution in [3.63, 3.8) is 0 Å². The van der Waals surface area contributed by atoms with Gasteiger partial charge in [0.15, 0.2) is 29.4 Å². The molecule has 13 nitrogen and oxygen atoms in total. The molecule has 3 aliphatic heterocycles. The number of fused-ring (bicyclic) bond motifs is 2. The van der Waals surface area contributed by atoms with Crippen molar-refractivity contribution < 1.29 is 41.5 Å². The summed E-state index contributed by atoms with van der Waals surface area (Å²) in [5, 5.41) is 0. The third-order valence-electron chi connectivity index (χ3n) is 6.77. The maximum atomic E-state index is 13.8. The standard InChI is InChI=1S/C23H25FN5O8P/c1-22(2)8-14(12-5-4-6-13(24)7-12)36-38(31,37-22)32-9-15-17-23(3,35-21(30)34-17)20(33-15)29-11-28-16-18(25)26-10-27-19(16)29/h4-7,10-11,14-15,17,20H,8-9H2,1-3H3,(H2,25,26,27)/t14-,15+,17+,20+,23+,38?/m0/s1. The Morgan fingerprint density at radius 2 is 2.08 bits per heavy atom. The first-order chi connectivity index (χ1) is 18.0. The Morgan fingerprint density at radius 1 is 1.26 bits per heavy atom. The molecule has 0 bridgehead atoms. The fourth-order valence-electron chi connectivity index (χ4n) is 5.11. The van der Waals surface area contributed by atoms with Gasteiger partial charge >= 0.3 is 14.0 Å². The lowest BCUT2D eigenvalue weighted by Crippen LogP contribution is -2.42. The molecule has 1 aromatic carbocycles. The highest BCUT2D eigenvalue weighted by Crippen LogP contribution is 2.62. The van der Waals surface area contributed by atoms with E-state index in [9.17, 15) is 13.8 Å². The SMILES string of the molecule is CC1(C)C[C@@H](c2cccc(F)c2)OP(=O)(OC[C@H]2O[C@@H](n3cnc4c(N)ncnc43)[C@]3(C)OC(=O)O[C@H]23)O1. The largest absolute Gasteiger partial charge is 0.509 e. The molecule has 1 unspecified atom stereocenters. The van der Waals surface area contributed by atoms with Crippen LogP contribution in [0, 0.1) is 5.82 Å². The Hall–Kier alpha value is -3.16. The first-order valence-electron chi connectivity index (χ1n) is 11.8. The molecule has 0 saturated carbocycles. The lowest BCUT2D eigenvalue weighted by Gasteiger charge is -2.39. The van der Waals surface area contributed by atoms with Gasteiger partial charge in [0, 0.05) is 6.42 Å². The topological polar surface area (TPSA) is 159 Å². The average Bonchev–Trinajstić information content (AvgIpc) is 3.46. The lowest BCUT2D eigenvalue weighted by atomic mass is 9.96. The highest BCUT2D eigenvalue weighted by molar-refractivity contribution is 7.48. The summed E-state index contributed by atoms with van der Waals surface area (Å²) in [5.41, 5.74) is 4.91. The van der Waals surface area contributed by atoms with E-state index in [4.69, 9.17) is 33.5 Å². The highest BCUT2D eigenvalue weighted by Gasteiger charge is 2.65. The van der Waals surface area contributed by atoms with Crippen LogP contribution in [0.25, 0.3) is 11.2 Å². The van der Waals surface area contributed by atoms with E-state index in [1.54, 1.807) is 37.5 Å². The zero-order valence-corrected chi connectivity index (χ0v) is 21.5. The summed E-state index contributed by atoms with van der Waals surface area (Å²) in [5.74, 6) is -0.272. The Balaban J connectivity index is 1.25. The molecule has 202 valence electrons. The molecule has 3 saturated heterocycles. The average molecular weight is 549 g/mol. The van der Waals surface area contributed by atoms with E-state index in [0.29, 0.717) is 23.1 Å². The van der Waals surface area contributed by atoms with Crippen molar-refractivity contribution in [1.29, 1.82) is 0 Å². The van der Waals surface area contributed by atoms with Gasteiger partial charge in [-0.15, -0.1) is 0 Å². The summed E-state index contributed by atoms with van der Waals surface area (Å²) >= 11 is 0. The second-order valence-corrected chi connectivity index (χ2v) is 11.7. The van der Waals surface area contributed by atoms with Gasteiger partial charge in [0.05, 0.1) is 24.6 Å². The van der Waals surface area contributed by atoms with Crippen LogP contribution in [-0.4, -0.2) is 55.7 Å². The fourth-order valence-corrected chi connectivity index (χ4v) is 6.78. The number of phosphoric acid groups is 1. The molecule has 5 heterocycles. The number of rotatable bonds is 5. The van der Waals surface area contributed by atoms with Crippen molar-refractivity contribution in [3.05, 3.63) is 48.3 Å². The molecule has 0 radical (unpaired) electrons. The number of carbonyl (C=O) groups is 1. The zero-order valence-electron chi connectivity index (χ0n) is 20.6. The second kappa shape index (κ2) is 8.68. The van der Waals surface area contributed by atoms with Gasteiger partial charge < -0.3 is 19.9 Å². The summed E-state index contributed by atoms with van der Waals surface area (Å²) in [7, 11) is -4.16. The number of halogens is 1. The molecule has 38 heavy (non-hydrogen) atoms. The summed E-state index contributed by atoms with van der Waals surface area (Å²) < 4.78 is 63.3. The van der Waals surface area contributed by atoms with Gasteiger partial charge in [0.1, 0.15) is 23.8 Å². The van der Waals surface area contributed by atoms with Crippen LogP contribution in [0.2, 0.25) is 0 Å². The monoisotopic (exact) mass is 549 g/mol. The van der Waals surface area contributed by atoms with E-state index < -0.39 is 55.5 Å². The summed E-state index contributed by atoms with van der Waals surface area (Å²) in [6.45, 7) is 4.78. The Bertz CT molecular complexity index is 1470. The van der Waals surface area contributed by atoms with E-state index in [2.05, 4.69) is 15.0 Å². The second-order valence-electron chi connectivity index (χ2n) is 10.1. The van der Waals surface area contributed by atoms with Crippen molar-refractivity contribution in [2.45, 2.75) is 62.9 Å². The number of aromatic nitrogens is 4. The molecule has 15 heteroatoms. The van der Waals surface area contributed by atoms with Crippen LogP contribution in [0.3, 0.4) is 0 Å². The van der Waals surface area contributed by atoms with Crippen molar-refractivity contribution in [2.24, 2.45) is 0 Å². The van der Waals surface area contributed by atoms with Crippen LogP contribution in [0.15, 0.2) is 36.9 Å². The number of anilines is 1. The van der Waals surface area contributed by atoms with E-state index in [1.165, 1.54) is 24.8 Å². The molecule has 2 aromatic heterocycles. The molecule has 6 rings (SSSR count). The first kappa shape index (κ1) is 25.1. The predicted molar refractivity (Wildman–Crippen MR) is 127 cm³/mol. The normalized spacial score (nSPS) is 34.2. The number of nitrogen functional groups attached to an aromatic ring is 1. The molecule has 0 aliphatic carbocycles. The molecule has 0 amide bonds. The highest BCUT2D eigenvalue weighted by atomic mass is 31.2. The van der Waals surface area contributed by atoms with Crippen LogP contribution >= 0.6 is 7.82 Å². The van der Waals surface area contributed by atoms with E-state index >= 15 is 0 Å². The Kier molecular flexibility index (Phi) is 5.74. The van der Waals surface area contributed by atoms with Gasteiger partial charge in [-0.25, -0.2) is 28.7 Å². The van der Waals surface area contributed by atoms with Crippen molar-refractivity contribution in [3.8, 4) is 0 Å². The van der Waals surface area contributed by atoms with Gasteiger partial charge in [-0.05, 0) is 38.5 Å². The molecule has 6 atom stereocenters. The van der Waals surface area contributed by atoms with Crippen LogP contribution in [-0.2, 0) is 32.3 Å². The number of nitrogens with zero attached hydrogens (tertiary/aromatic N) is 4. The number of benzene rings is 1. The van der Waals surface area contributed by atoms with Crippen molar-refractivity contribution >= 4 is 31.0 Å². The fraction of sp³-hybridized carbons (Fsp3) is 0.478. The van der Waals surface area contributed by atoms with Gasteiger partial charge in [-0.2, -0.15) is 0 Å². The molecule has 2 N–H and O–H groups in total. The third kappa shape index (κ3) is 4.22. The van der Waals surface area contributed by atoms with Gasteiger partial charge in [-0.1, -0.05) is 12.1 Å². The summed E-state index contributed by atoms with van der Waals surface area (Å²) in [6, 6.07) is 5.84. The number of nitrogens with two attached hydrogens (primary N) is 1. The van der Waals surface area contributed by atoms with Crippen LogP contribution < -0.4 is 5.73 Å². The molecule has 0 spiro atoms. The minimum Gasteiger partial charge on any atom is -0.424 e. The minimum atomic E-state index is -4.16. The Labute approximate surface area is 216 Å². The quantitative estimate of drug-likeness (QED) is 0.363. The third-order valence-corrected chi connectivity index (χ3v) is 8.47. The number of phosphoric ester groups is 1. The van der Waals surface area contributed by atoms with Crippen LogP contribution in [0.1, 0.15) is 45.1 Å². The van der Waals surface area contributed by atoms with Crippen LogP contribution in [0.5, 0.6) is 0 Å². The van der Waals surface area contributed by atoms with E-state index in [1.807, 2.05) is 0 Å². The number of carbonyl (C=O) groups excluding carboxylic acids is 1. The number of ether oxygens (including phenoxy) is 3. The summed E-state index contributed by atoms with van der Waals surface area (Å²) in [6.07, 6.45) is -1.38. The molecule has 3 aliphatic rings. The van der Waals surface area contributed by atoms with Gasteiger partial charge in [-0.3, -0.25) is 18.1 Å². The lowest BCUT2D eigenvalue weighted by molar-refractivity contribution is -0.0988. The van der Waals surface area contributed by atoms with Gasteiger partial charge in [0.2, 0.25) is 0 Å². The zero-order chi connectivity index (χ0) is 26.9. The maximum Gasteiger partial charge on any atom is 0.509 e.